The number of terminal acetylenes is 1. The number of hydrogen-bond acceptors (Lipinski definition) is 4. The lowest BCUT2D eigenvalue weighted by Crippen LogP contribution is -2.17. The number of amides is 1. The van der Waals surface area contributed by atoms with E-state index in [1.54, 1.807) is 24.3 Å². The highest BCUT2D eigenvalue weighted by Crippen LogP contribution is 2.25. The van der Waals surface area contributed by atoms with E-state index in [0.717, 1.165) is 19.9 Å². The summed E-state index contributed by atoms with van der Waals surface area (Å²) >= 11 is 2.14. The van der Waals surface area contributed by atoms with Crippen molar-refractivity contribution in [2.45, 2.75) is 0 Å². The third-order valence-electron chi connectivity index (χ3n) is 3.76. The van der Waals surface area contributed by atoms with Crippen LogP contribution in [0.3, 0.4) is 0 Å². The summed E-state index contributed by atoms with van der Waals surface area (Å²) in [5.41, 5.74) is 3.38. The van der Waals surface area contributed by atoms with E-state index in [9.17, 15) is 9.90 Å². The number of aromatic hydroxyl groups is 1. The van der Waals surface area contributed by atoms with E-state index >= 15 is 0 Å². The first kappa shape index (κ1) is 18.7. The molecule has 0 bridgehead atoms. The van der Waals surface area contributed by atoms with E-state index in [0.29, 0.717) is 5.75 Å². The molecule has 5 nitrogen and oxygen atoms in total. The summed E-state index contributed by atoms with van der Waals surface area (Å²) < 4.78 is 6.28. The molecule has 134 valence electrons. The molecule has 3 rings (SSSR count). The van der Waals surface area contributed by atoms with Crippen molar-refractivity contribution in [1.82, 2.24) is 5.43 Å². The second-order valence-corrected chi connectivity index (χ2v) is 6.76. The van der Waals surface area contributed by atoms with Crippen molar-refractivity contribution in [3.8, 4) is 23.8 Å². The highest BCUT2D eigenvalue weighted by molar-refractivity contribution is 14.1. The topological polar surface area (TPSA) is 70.9 Å². The first-order valence-electron chi connectivity index (χ1n) is 7.99. The Hall–Kier alpha value is -3.05. The lowest BCUT2D eigenvalue weighted by atomic mass is 10.1. The second kappa shape index (κ2) is 8.56. The molecule has 0 spiro atoms. The van der Waals surface area contributed by atoms with Crippen LogP contribution in [0.4, 0.5) is 0 Å². The summed E-state index contributed by atoms with van der Waals surface area (Å²) in [6.07, 6.45) is 6.70. The number of nitrogens with one attached hydrogen (secondary N) is 1. The SMILES string of the molecule is C#CCOc1ccc(C=NNC(=O)c2cc3ccccc3cc2O)cc1I. The van der Waals surface area contributed by atoms with Crippen molar-refractivity contribution in [3.63, 3.8) is 0 Å². The fraction of sp³-hybridized carbons (Fsp3) is 0.0476. The normalized spacial score (nSPS) is 10.7. The summed E-state index contributed by atoms with van der Waals surface area (Å²) in [5, 5.41) is 15.8. The summed E-state index contributed by atoms with van der Waals surface area (Å²) in [6, 6.07) is 16.1. The van der Waals surface area contributed by atoms with Gasteiger partial charge in [0.25, 0.3) is 5.91 Å². The van der Waals surface area contributed by atoms with Crippen LogP contribution in [0.15, 0.2) is 59.7 Å². The molecule has 1 amide bonds. The smallest absolute Gasteiger partial charge is 0.275 e. The molecule has 0 saturated heterocycles. The number of phenolic OH excluding ortho intramolecular Hbond substituents is 1. The molecule has 0 atom stereocenters. The largest absolute Gasteiger partial charge is 0.507 e. The number of fused-ring (bicyclic) bond motifs is 1. The van der Waals surface area contributed by atoms with E-state index in [1.807, 2.05) is 30.3 Å². The predicted octanol–water partition coefficient (Wildman–Crippen LogP) is 3.93. The zero-order valence-corrected chi connectivity index (χ0v) is 16.3. The molecule has 27 heavy (non-hydrogen) atoms. The van der Waals surface area contributed by atoms with Gasteiger partial charge in [0.2, 0.25) is 0 Å². The Balaban J connectivity index is 1.71. The molecular weight excluding hydrogens is 455 g/mol. The molecule has 3 aromatic carbocycles. The number of carbonyl (C=O) groups is 1. The molecule has 0 aromatic heterocycles. The van der Waals surface area contributed by atoms with Gasteiger partial charge in [-0.15, -0.1) is 6.42 Å². The molecule has 0 aliphatic carbocycles. The number of hydrazone groups is 1. The van der Waals surface area contributed by atoms with E-state index in [2.05, 4.69) is 39.0 Å². The first-order chi connectivity index (χ1) is 13.1. The quantitative estimate of drug-likeness (QED) is 0.257. The maximum atomic E-state index is 12.3. The number of ether oxygens (including phenoxy) is 1. The Morgan fingerprint density at radius 2 is 1.96 bits per heavy atom. The fourth-order valence-electron chi connectivity index (χ4n) is 2.47. The Labute approximate surface area is 170 Å². The molecule has 0 aliphatic heterocycles. The minimum Gasteiger partial charge on any atom is -0.507 e. The van der Waals surface area contributed by atoms with Crippen molar-refractivity contribution >= 4 is 45.5 Å². The highest BCUT2D eigenvalue weighted by atomic mass is 127. The van der Waals surface area contributed by atoms with E-state index in [-0.39, 0.29) is 17.9 Å². The van der Waals surface area contributed by atoms with Gasteiger partial charge >= 0.3 is 0 Å². The highest BCUT2D eigenvalue weighted by Gasteiger charge is 2.11. The standard InChI is InChI=1S/C21H15IN2O3/c1-2-9-27-20-8-7-14(10-18(20)22)13-23-24-21(26)17-11-15-5-3-4-6-16(15)12-19(17)25/h1,3-8,10-13,25H,9H2,(H,24,26). The molecular formula is C21H15IN2O3. The van der Waals surface area contributed by atoms with Crippen LogP contribution in [0.1, 0.15) is 15.9 Å². The van der Waals surface area contributed by atoms with Crippen molar-refractivity contribution in [2.75, 3.05) is 6.61 Å². The first-order valence-corrected chi connectivity index (χ1v) is 9.07. The van der Waals surface area contributed by atoms with E-state index < -0.39 is 5.91 Å². The number of benzene rings is 3. The lowest BCUT2D eigenvalue weighted by molar-refractivity contribution is 0.0952. The predicted molar refractivity (Wildman–Crippen MR) is 114 cm³/mol. The zero-order valence-electron chi connectivity index (χ0n) is 14.1. The van der Waals surface area contributed by atoms with E-state index in [4.69, 9.17) is 11.2 Å². The van der Waals surface area contributed by atoms with Crippen molar-refractivity contribution in [2.24, 2.45) is 5.10 Å². The van der Waals surface area contributed by atoms with Gasteiger partial charge in [-0.05, 0) is 69.3 Å². The van der Waals surface area contributed by atoms with Gasteiger partial charge in [0.15, 0.2) is 0 Å². The van der Waals surface area contributed by atoms with Gasteiger partial charge in [0.05, 0.1) is 15.3 Å². The van der Waals surface area contributed by atoms with Crippen LogP contribution in [0.5, 0.6) is 11.5 Å². The second-order valence-electron chi connectivity index (χ2n) is 5.60. The van der Waals surface area contributed by atoms with Gasteiger partial charge < -0.3 is 9.84 Å². The molecule has 0 saturated carbocycles. The van der Waals surface area contributed by atoms with Gasteiger partial charge in [0, 0.05) is 0 Å². The Kier molecular flexibility index (Phi) is 5.94. The number of nitrogens with zero attached hydrogens (tertiary/aromatic N) is 1. The van der Waals surface area contributed by atoms with Crippen molar-refractivity contribution in [1.29, 1.82) is 0 Å². The Morgan fingerprint density at radius 3 is 2.67 bits per heavy atom. The fourth-order valence-corrected chi connectivity index (χ4v) is 3.16. The van der Waals surface area contributed by atoms with Crippen molar-refractivity contribution in [3.05, 3.63) is 69.3 Å². The Morgan fingerprint density at radius 1 is 1.22 bits per heavy atom. The summed E-state index contributed by atoms with van der Waals surface area (Å²) in [7, 11) is 0. The number of phenols is 1. The van der Waals surface area contributed by atoms with Gasteiger partial charge in [-0.1, -0.05) is 30.2 Å². The molecule has 0 fully saturated rings. The van der Waals surface area contributed by atoms with Gasteiger partial charge in [-0.3, -0.25) is 4.79 Å². The van der Waals surface area contributed by atoms with Crippen LogP contribution in [0.2, 0.25) is 0 Å². The number of halogens is 1. The molecule has 0 unspecified atom stereocenters. The number of carbonyl (C=O) groups excluding carboxylic acids is 1. The maximum Gasteiger partial charge on any atom is 0.275 e. The van der Waals surface area contributed by atoms with Gasteiger partial charge in [-0.2, -0.15) is 5.10 Å². The minimum absolute atomic E-state index is 0.0917. The third kappa shape index (κ3) is 4.57. The number of hydrogen-bond donors (Lipinski definition) is 2. The average molecular weight is 470 g/mol. The molecule has 3 aromatic rings. The van der Waals surface area contributed by atoms with Crippen LogP contribution in [0.25, 0.3) is 10.8 Å². The molecule has 0 heterocycles. The summed E-state index contributed by atoms with van der Waals surface area (Å²) in [6.45, 7) is 0.203. The summed E-state index contributed by atoms with van der Waals surface area (Å²) in [4.78, 5) is 12.3. The molecule has 6 heteroatoms. The maximum absolute atomic E-state index is 12.3. The van der Waals surface area contributed by atoms with Gasteiger partial charge in [0.1, 0.15) is 18.1 Å². The van der Waals surface area contributed by atoms with Crippen LogP contribution >= 0.6 is 22.6 Å². The van der Waals surface area contributed by atoms with Crippen LogP contribution in [-0.2, 0) is 0 Å². The average Bonchev–Trinajstić information content (AvgIpc) is 2.66. The zero-order chi connectivity index (χ0) is 19.2. The molecule has 0 radical (unpaired) electrons. The van der Waals surface area contributed by atoms with Gasteiger partial charge in [-0.25, -0.2) is 5.43 Å². The summed E-state index contributed by atoms with van der Waals surface area (Å²) in [5.74, 6) is 2.53. The van der Waals surface area contributed by atoms with Crippen molar-refractivity contribution < 1.29 is 14.6 Å². The van der Waals surface area contributed by atoms with E-state index in [1.165, 1.54) is 6.21 Å². The van der Waals surface area contributed by atoms with Crippen LogP contribution in [-0.4, -0.2) is 23.8 Å². The Bertz CT molecular complexity index is 1070. The van der Waals surface area contributed by atoms with Crippen LogP contribution < -0.4 is 10.2 Å². The molecule has 2 N–H and O–H groups in total. The lowest BCUT2D eigenvalue weighted by Gasteiger charge is -2.06. The third-order valence-corrected chi connectivity index (χ3v) is 4.60. The monoisotopic (exact) mass is 470 g/mol. The minimum atomic E-state index is -0.488. The van der Waals surface area contributed by atoms with Crippen LogP contribution in [0, 0.1) is 15.9 Å². The number of rotatable bonds is 5. The molecule has 0 aliphatic rings.